The normalized spacial score (nSPS) is 24.0. The van der Waals surface area contributed by atoms with Gasteiger partial charge in [0.05, 0.1) is 12.7 Å². The van der Waals surface area contributed by atoms with E-state index in [0.29, 0.717) is 6.61 Å². The summed E-state index contributed by atoms with van der Waals surface area (Å²) >= 11 is 0. The fourth-order valence-electron chi connectivity index (χ4n) is 2.99. The summed E-state index contributed by atoms with van der Waals surface area (Å²) in [6, 6.07) is 20.7. The maximum absolute atomic E-state index is 6.02. The van der Waals surface area contributed by atoms with Crippen LogP contribution in [0.1, 0.15) is 24.0 Å². The van der Waals surface area contributed by atoms with E-state index in [-0.39, 0.29) is 18.5 Å². The number of rotatable bonds is 7. The summed E-state index contributed by atoms with van der Waals surface area (Å²) in [4.78, 5) is 0. The van der Waals surface area contributed by atoms with E-state index in [0.717, 1.165) is 19.3 Å². The molecule has 3 nitrogen and oxygen atoms in total. The minimum atomic E-state index is -0.264. The van der Waals surface area contributed by atoms with E-state index >= 15 is 0 Å². The van der Waals surface area contributed by atoms with Gasteiger partial charge < -0.3 is 14.2 Å². The first-order chi connectivity index (χ1) is 11.3. The topological polar surface area (TPSA) is 27.7 Å². The fourth-order valence-corrected chi connectivity index (χ4v) is 2.99. The van der Waals surface area contributed by atoms with Gasteiger partial charge in [-0.05, 0) is 24.0 Å². The van der Waals surface area contributed by atoms with Crippen LogP contribution in [0, 0.1) is 0 Å². The Bertz CT molecular complexity index is 570. The second kappa shape index (κ2) is 8.25. The minimum absolute atomic E-state index is 0.000907. The molecule has 2 aromatic carbocycles. The molecular weight excluding hydrogens is 288 g/mol. The van der Waals surface area contributed by atoms with Crippen molar-refractivity contribution in [1.29, 1.82) is 0 Å². The van der Waals surface area contributed by atoms with E-state index in [4.69, 9.17) is 14.2 Å². The van der Waals surface area contributed by atoms with Crippen molar-refractivity contribution in [3.05, 3.63) is 71.8 Å². The zero-order valence-electron chi connectivity index (χ0n) is 13.6. The zero-order chi connectivity index (χ0) is 15.9. The maximum atomic E-state index is 6.02. The van der Waals surface area contributed by atoms with Gasteiger partial charge in [-0.25, -0.2) is 0 Å². The second-order valence-corrected chi connectivity index (χ2v) is 5.96. The number of hydrogen-bond donors (Lipinski definition) is 0. The summed E-state index contributed by atoms with van der Waals surface area (Å²) in [6.07, 6.45) is 2.84. The Morgan fingerprint density at radius 3 is 2.26 bits per heavy atom. The Morgan fingerprint density at radius 1 is 0.957 bits per heavy atom. The zero-order valence-corrected chi connectivity index (χ0v) is 13.6. The van der Waals surface area contributed by atoms with Crippen molar-refractivity contribution in [2.24, 2.45) is 0 Å². The lowest BCUT2D eigenvalue weighted by atomic mass is 10.0. The molecule has 1 saturated heterocycles. The van der Waals surface area contributed by atoms with Crippen LogP contribution < -0.4 is 0 Å². The molecule has 3 rings (SSSR count). The third kappa shape index (κ3) is 4.64. The Hall–Kier alpha value is -1.68. The molecule has 1 heterocycles. The highest BCUT2D eigenvalue weighted by Crippen LogP contribution is 2.27. The van der Waals surface area contributed by atoms with Gasteiger partial charge in [-0.3, -0.25) is 0 Å². The third-order valence-electron chi connectivity index (χ3n) is 4.26. The molecule has 0 amide bonds. The lowest BCUT2D eigenvalue weighted by molar-refractivity contribution is -0.163. The lowest BCUT2D eigenvalue weighted by Crippen LogP contribution is -2.25. The molecule has 1 fully saturated rings. The number of hydrogen-bond acceptors (Lipinski definition) is 3. The van der Waals surface area contributed by atoms with Crippen LogP contribution in [0.2, 0.25) is 0 Å². The molecule has 1 unspecified atom stereocenters. The van der Waals surface area contributed by atoms with Crippen molar-refractivity contribution in [3.8, 4) is 0 Å². The van der Waals surface area contributed by atoms with Crippen LogP contribution in [0.3, 0.4) is 0 Å². The molecule has 0 N–H and O–H groups in total. The Morgan fingerprint density at radius 2 is 1.61 bits per heavy atom. The molecule has 2 aromatic rings. The third-order valence-corrected chi connectivity index (χ3v) is 4.26. The summed E-state index contributed by atoms with van der Waals surface area (Å²) < 4.78 is 17.5. The standard InChI is InChI=1S/C20H24O3/c1-21-20-19(22-15-17-10-6-3-7-11-17)14-18(23-20)13-12-16-8-4-2-5-9-16/h2-11,18-20H,12-15H2,1H3/t18-,19+,20?/m0/s1. The van der Waals surface area contributed by atoms with Crippen molar-refractivity contribution in [2.45, 2.75) is 44.4 Å². The Labute approximate surface area is 138 Å². The molecule has 0 aliphatic carbocycles. The van der Waals surface area contributed by atoms with Crippen LogP contribution in [0.15, 0.2) is 60.7 Å². The molecule has 0 aromatic heterocycles. The first-order valence-electron chi connectivity index (χ1n) is 8.23. The quantitative estimate of drug-likeness (QED) is 0.774. The van der Waals surface area contributed by atoms with Gasteiger partial charge in [0.15, 0.2) is 6.29 Å². The Balaban J connectivity index is 1.49. The molecule has 1 aliphatic heterocycles. The van der Waals surface area contributed by atoms with Crippen molar-refractivity contribution >= 4 is 0 Å². The molecule has 23 heavy (non-hydrogen) atoms. The summed E-state index contributed by atoms with van der Waals surface area (Å²) in [7, 11) is 1.68. The van der Waals surface area contributed by atoms with Crippen molar-refractivity contribution in [2.75, 3.05) is 7.11 Å². The van der Waals surface area contributed by atoms with Crippen LogP contribution in [-0.2, 0) is 27.2 Å². The average Bonchev–Trinajstić information content (AvgIpc) is 3.02. The molecule has 3 heteroatoms. The van der Waals surface area contributed by atoms with Crippen LogP contribution in [-0.4, -0.2) is 25.6 Å². The largest absolute Gasteiger partial charge is 0.368 e. The van der Waals surface area contributed by atoms with Gasteiger partial charge in [-0.1, -0.05) is 60.7 Å². The number of aryl methyl sites for hydroxylation is 1. The predicted molar refractivity (Wildman–Crippen MR) is 90.1 cm³/mol. The molecule has 0 bridgehead atoms. The fraction of sp³-hybridized carbons (Fsp3) is 0.400. The number of benzene rings is 2. The van der Waals surface area contributed by atoms with Crippen molar-refractivity contribution in [1.82, 2.24) is 0 Å². The van der Waals surface area contributed by atoms with Gasteiger partial charge in [-0.2, -0.15) is 0 Å². The van der Waals surface area contributed by atoms with Crippen LogP contribution in [0.25, 0.3) is 0 Å². The van der Waals surface area contributed by atoms with Crippen molar-refractivity contribution < 1.29 is 14.2 Å². The maximum Gasteiger partial charge on any atom is 0.183 e. The monoisotopic (exact) mass is 312 g/mol. The van der Waals surface area contributed by atoms with Gasteiger partial charge in [0, 0.05) is 13.5 Å². The Kier molecular flexibility index (Phi) is 5.81. The highest BCUT2D eigenvalue weighted by Gasteiger charge is 2.35. The first kappa shape index (κ1) is 16.2. The summed E-state index contributed by atoms with van der Waals surface area (Å²) in [5.74, 6) is 0. The van der Waals surface area contributed by atoms with E-state index in [9.17, 15) is 0 Å². The van der Waals surface area contributed by atoms with E-state index in [2.05, 4.69) is 36.4 Å². The SMILES string of the molecule is COC1O[C@@H](CCc2ccccc2)C[C@H]1OCc1ccccc1. The van der Waals surface area contributed by atoms with Crippen LogP contribution >= 0.6 is 0 Å². The second-order valence-electron chi connectivity index (χ2n) is 5.96. The number of methoxy groups -OCH3 is 1. The smallest absolute Gasteiger partial charge is 0.183 e. The molecule has 122 valence electrons. The van der Waals surface area contributed by atoms with Gasteiger partial charge in [0.2, 0.25) is 0 Å². The van der Waals surface area contributed by atoms with E-state index < -0.39 is 0 Å². The van der Waals surface area contributed by atoms with Gasteiger partial charge in [0.1, 0.15) is 6.10 Å². The van der Waals surface area contributed by atoms with Crippen LogP contribution in [0.4, 0.5) is 0 Å². The van der Waals surface area contributed by atoms with E-state index in [1.54, 1.807) is 7.11 Å². The predicted octanol–water partition coefficient (Wildman–Crippen LogP) is 3.97. The summed E-state index contributed by atoms with van der Waals surface area (Å²) in [6.45, 7) is 0.597. The summed E-state index contributed by atoms with van der Waals surface area (Å²) in [5.41, 5.74) is 2.52. The van der Waals surface area contributed by atoms with Gasteiger partial charge >= 0.3 is 0 Å². The van der Waals surface area contributed by atoms with E-state index in [1.807, 2.05) is 24.3 Å². The molecule has 0 spiro atoms. The summed E-state index contributed by atoms with van der Waals surface area (Å²) in [5, 5.41) is 0. The average molecular weight is 312 g/mol. The number of ether oxygens (including phenoxy) is 3. The first-order valence-corrected chi connectivity index (χ1v) is 8.23. The molecule has 0 saturated carbocycles. The van der Waals surface area contributed by atoms with Crippen molar-refractivity contribution in [3.63, 3.8) is 0 Å². The van der Waals surface area contributed by atoms with E-state index in [1.165, 1.54) is 11.1 Å². The van der Waals surface area contributed by atoms with Gasteiger partial charge in [0.25, 0.3) is 0 Å². The molecule has 0 radical (unpaired) electrons. The molecular formula is C20H24O3. The lowest BCUT2D eigenvalue weighted by Gasteiger charge is -2.17. The molecule has 1 aliphatic rings. The van der Waals surface area contributed by atoms with Gasteiger partial charge in [-0.15, -0.1) is 0 Å². The van der Waals surface area contributed by atoms with Crippen LogP contribution in [0.5, 0.6) is 0 Å². The highest BCUT2D eigenvalue weighted by molar-refractivity contribution is 5.15. The minimum Gasteiger partial charge on any atom is -0.368 e. The molecule has 3 atom stereocenters. The highest BCUT2D eigenvalue weighted by atomic mass is 16.7.